The quantitative estimate of drug-likeness (QED) is 0.897. The minimum Gasteiger partial charge on any atom is -0.491 e. The molecule has 1 amide bonds. The summed E-state index contributed by atoms with van der Waals surface area (Å²) >= 11 is 0. The minimum atomic E-state index is -0.302. The predicted octanol–water partition coefficient (Wildman–Crippen LogP) is 2.13. The van der Waals surface area contributed by atoms with E-state index in [4.69, 9.17) is 4.74 Å². The molecule has 1 aromatic heterocycles. The fourth-order valence-electron chi connectivity index (χ4n) is 3.95. The first-order valence-electron chi connectivity index (χ1n) is 9.54. The van der Waals surface area contributed by atoms with Crippen molar-refractivity contribution in [2.75, 3.05) is 26.2 Å². The van der Waals surface area contributed by atoms with E-state index in [-0.39, 0.29) is 18.6 Å². The number of nitrogens with zero attached hydrogens (tertiary/aromatic N) is 3. The zero-order chi connectivity index (χ0) is 18.6. The van der Waals surface area contributed by atoms with Gasteiger partial charge >= 0.3 is 0 Å². The van der Waals surface area contributed by atoms with Gasteiger partial charge in [-0.05, 0) is 55.3 Å². The van der Waals surface area contributed by atoms with Gasteiger partial charge in [-0.1, -0.05) is 12.1 Å². The van der Waals surface area contributed by atoms with E-state index in [0.717, 1.165) is 48.4 Å². The number of hydrogen-bond acceptors (Lipinski definition) is 5. The molecule has 142 valence electrons. The monoisotopic (exact) mass is 367 g/mol. The number of benzene rings is 1. The third kappa shape index (κ3) is 3.82. The highest BCUT2D eigenvalue weighted by atomic mass is 16.5. The van der Waals surface area contributed by atoms with E-state index in [1.807, 2.05) is 35.2 Å². The van der Waals surface area contributed by atoms with Crippen molar-refractivity contribution in [2.45, 2.75) is 32.0 Å². The molecule has 2 aliphatic rings. The zero-order valence-corrected chi connectivity index (χ0v) is 15.4. The Morgan fingerprint density at radius 2 is 2.07 bits per heavy atom. The summed E-state index contributed by atoms with van der Waals surface area (Å²) in [7, 11) is 0. The highest BCUT2D eigenvalue weighted by molar-refractivity contribution is 5.83. The van der Waals surface area contributed by atoms with Crippen LogP contribution in [0.25, 0.3) is 0 Å². The predicted molar refractivity (Wildman–Crippen MR) is 101 cm³/mol. The molecule has 1 fully saturated rings. The molecule has 1 aromatic carbocycles. The van der Waals surface area contributed by atoms with Gasteiger partial charge in [-0.25, -0.2) is 0 Å². The Balaban J connectivity index is 1.62. The van der Waals surface area contributed by atoms with Gasteiger partial charge in [0.2, 0.25) is 5.91 Å². The third-order valence-corrected chi connectivity index (χ3v) is 5.34. The van der Waals surface area contributed by atoms with Gasteiger partial charge in [0.05, 0.1) is 13.2 Å². The van der Waals surface area contributed by atoms with Crippen molar-refractivity contribution in [1.82, 2.24) is 14.8 Å². The molecule has 3 heterocycles. The number of rotatable bonds is 4. The van der Waals surface area contributed by atoms with E-state index in [9.17, 15) is 9.90 Å². The number of amides is 1. The van der Waals surface area contributed by atoms with Gasteiger partial charge in [-0.3, -0.25) is 14.7 Å². The Labute approximate surface area is 159 Å². The number of carbonyl (C=O) groups excluding carboxylic acids is 1. The highest BCUT2D eigenvalue weighted by Crippen LogP contribution is 2.30. The average molecular weight is 367 g/mol. The van der Waals surface area contributed by atoms with Crippen LogP contribution in [0.15, 0.2) is 42.7 Å². The van der Waals surface area contributed by atoms with E-state index < -0.39 is 0 Å². The lowest BCUT2D eigenvalue weighted by atomic mass is 10.0. The molecule has 6 heteroatoms. The van der Waals surface area contributed by atoms with Gasteiger partial charge in [-0.15, -0.1) is 0 Å². The first-order valence-corrected chi connectivity index (χ1v) is 9.54. The van der Waals surface area contributed by atoms with Crippen molar-refractivity contribution in [1.29, 1.82) is 0 Å². The largest absolute Gasteiger partial charge is 0.491 e. The smallest absolute Gasteiger partial charge is 0.245 e. The molecule has 6 nitrogen and oxygen atoms in total. The number of aliphatic hydroxyl groups is 1. The maximum absolute atomic E-state index is 13.6. The molecule has 2 aliphatic heterocycles. The van der Waals surface area contributed by atoms with Gasteiger partial charge < -0.3 is 14.7 Å². The molecule has 0 radical (unpaired) electrons. The molecule has 1 N–H and O–H groups in total. The number of fused-ring (bicyclic) bond motifs is 1. The summed E-state index contributed by atoms with van der Waals surface area (Å²) in [6.45, 7) is 3.35. The maximum Gasteiger partial charge on any atom is 0.245 e. The van der Waals surface area contributed by atoms with Gasteiger partial charge in [-0.2, -0.15) is 0 Å². The number of aromatic nitrogens is 1. The lowest BCUT2D eigenvalue weighted by Crippen LogP contribution is -2.42. The molecule has 0 bridgehead atoms. The van der Waals surface area contributed by atoms with Crippen LogP contribution in [0, 0.1) is 0 Å². The van der Waals surface area contributed by atoms with Crippen LogP contribution in [0.5, 0.6) is 5.75 Å². The first-order chi connectivity index (χ1) is 13.3. The normalized spacial score (nSPS) is 18.5. The molecule has 1 atom stereocenters. The number of likely N-dealkylation sites (tertiary alicyclic amines) is 1. The van der Waals surface area contributed by atoms with Crippen molar-refractivity contribution in [3.05, 3.63) is 59.4 Å². The Kier molecular flexibility index (Phi) is 5.36. The van der Waals surface area contributed by atoms with Crippen molar-refractivity contribution < 1.29 is 14.6 Å². The van der Waals surface area contributed by atoms with Crippen molar-refractivity contribution in [3.63, 3.8) is 0 Å². The van der Waals surface area contributed by atoms with Crippen molar-refractivity contribution in [3.8, 4) is 5.75 Å². The molecule has 27 heavy (non-hydrogen) atoms. The lowest BCUT2D eigenvalue weighted by molar-refractivity contribution is -0.137. The SMILES string of the molecule is O=C(C(c1cccnc1)N1CCCC1)N1CCOc2ccc(CO)cc2C1. The number of ether oxygens (including phenoxy) is 1. The summed E-state index contributed by atoms with van der Waals surface area (Å²) in [5, 5.41) is 9.43. The molecule has 2 aromatic rings. The number of pyridine rings is 1. The van der Waals surface area contributed by atoms with Gasteiger partial charge in [0.1, 0.15) is 18.4 Å². The van der Waals surface area contributed by atoms with Gasteiger partial charge in [0.15, 0.2) is 0 Å². The second kappa shape index (κ2) is 8.06. The topological polar surface area (TPSA) is 65.9 Å². The summed E-state index contributed by atoms with van der Waals surface area (Å²) < 4.78 is 5.84. The minimum absolute atomic E-state index is 0.0205. The van der Waals surface area contributed by atoms with E-state index >= 15 is 0 Å². The fraction of sp³-hybridized carbons (Fsp3) is 0.429. The van der Waals surface area contributed by atoms with E-state index in [1.165, 1.54) is 0 Å². The van der Waals surface area contributed by atoms with Crippen LogP contribution < -0.4 is 4.74 Å². The molecule has 1 unspecified atom stereocenters. The second-order valence-electron chi connectivity index (χ2n) is 7.14. The molecule has 0 saturated carbocycles. The highest BCUT2D eigenvalue weighted by Gasteiger charge is 2.34. The van der Waals surface area contributed by atoms with Crippen LogP contribution in [0.3, 0.4) is 0 Å². The van der Waals surface area contributed by atoms with Crippen LogP contribution in [-0.2, 0) is 17.9 Å². The molecule has 0 spiro atoms. The zero-order valence-electron chi connectivity index (χ0n) is 15.4. The third-order valence-electron chi connectivity index (χ3n) is 5.34. The van der Waals surface area contributed by atoms with E-state index in [0.29, 0.717) is 19.7 Å². The summed E-state index contributed by atoms with van der Waals surface area (Å²) in [6.07, 6.45) is 5.78. The van der Waals surface area contributed by atoms with E-state index in [2.05, 4.69) is 9.88 Å². The Hall–Kier alpha value is -2.44. The second-order valence-corrected chi connectivity index (χ2v) is 7.14. The maximum atomic E-state index is 13.6. The summed E-state index contributed by atoms with van der Waals surface area (Å²) in [6, 6.07) is 9.24. The fourth-order valence-corrected chi connectivity index (χ4v) is 3.95. The van der Waals surface area contributed by atoms with E-state index in [1.54, 1.807) is 12.4 Å². The van der Waals surface area contributed by atoms with Crippen LogP contribution in [0.2, 0.25) is 0 Å². The van der Waals surface area contributed by atoms with Crippen LogP contribution >= 0.6 is 0 Å². The van der Waals surface area contributed by atoms with Gasteiger partial charge in [0, 0.05) is 24.5 Å². The number of hydrogen-bond donors (Lipinski definition) is 1. The average Bonchev–Trinajstić information content (AvgIpc) is 3.14. The summed E-state index contributed by atoms with van der Waals surface area (Å²) in [5.41, 5.74) is 2.72. The Bertz CT molecular complexity index is 791. The molecule has 1 saturated heterocycles. The number of carbonyl (C=O) groups is 1. The molecular weight excluding hydrogens is 342 g/mol. The first kappa shape index (κ1) is 17.9. The summed E-state index contributed by atoms with van der Waals surface area (Å²) in [4.78, 5) is 21.9. The standard InChI is InChI=1S/C21H25N3O3/c25-15-16-5-6-19-18(12-16)14-24(10-11-27-19)21(26)20(23-8-1-2-9-23)17-4-3-7-22-13-17/h3-7,12-13,20,25H,1-2,8-11,14-15H2. The summed E-state index contributed by atoms with van der Waals surface area (Å²) in [5.74, 6) is 0.886. The Morgan fingerprint density at radius 1 is 1.22 bits per heavy atom. The molecule has 0 aliphatic carbocycles. The Morgan fingerprint density at radius 3 is 2.81 bits per heavy atom. The van der Waals surface area contributed by atoms with Crippen LogP contribution in [-0.4, -0.2) is 52.0 Å². The number of aliphatic hydroxyl groups excluding tert-OH is 1. The lowest BCUT2D eigenvalue weighted by Gasteiger charge is -2.31. The molecular formula is C21H25N3O3. The van der Waals surface area contributed by atoms with Crippen molar-refractivity contribution >= 4 is 5.91 Å². The van der Waals surface area contributed by atoms with Gasteiger partial charge in [0.25, 0.3) is 0 Å². The van der Waals surface area contributed by atoms with Crippen LogP contribution in [0.4, 0.5) is 0 Å². The van der Waals surface area contributed by atoms with Crippen molar-refractivity contribution in [2.24, 2.45) is 0 Å². The molecule has 4 rings (SSSR count). The van der Waals surface area contributed by atoms with Crippen LogP contribution in [0.1, 0.15) is 35.6 Å².